The van der Waals surface area contributed by atoms with Crippen molar-refractivity contribution in [3.63, 3.8) is 0 Å². The molecular formula is C13H16N4. The van der Waals surface area contributed by atoms with Crippen LogP contribution >= 0.6 is 0 Å². The number of piperidine rings is 1. The smallest absolute Gasteiger partial charge is 0.164 e. The van der Waals surface area contributed by atoms with E-state index in [9.17, 15) is 0 Å². The van der Waals surface area contributed by atoms with E-state index in [0.717, 1.165) is 37.3 Å². The highest BCUT2D eigenvalue weighted by Gasteiger charge is 2.18. The fraction of sp³-hybridized carbons (Fsp3) is 0.385. The van der Waals surface area contributed by atoms with Gasteiger partial charge in [-0.25, -0.2) is 0 Å². The summed E-state index contributed by atoms with van der Waals surface area (Å²) in [5.41, 5.74) is 1.14. The van der Waals surface area contributed by atoms with Crippen LogP contribution in [-0.4, -0.2) is 27.9 Å². The highest BCUT2D eigenvalue weighted by atomic mass is 15.3. The lowest BCUT2D eigenvalue weighted by Gasteiger charge is -2.24. The first-order valence-electron chi connectivity index (χ1n) is 6.11. The average molecular weight is 228 g/mol. The van der Waals surface area contributed by atoms with Gasteiger partial charge in [0, 0.05) is 11.6 Å². The molecule has 0 aliphatic carbocycles. The lowest BCUT2D eigenvalue weighted by molar-refractivity contribution is 0.370. The standard InChI is InChI=1S/C13H16N4/c1-2-4-11(5-3-1)13-16-15-10-17(13)12-6-8-14-9-7-12/h1-5,10,12,14H,6-9H2. The molecule has 0 bridgehead atoms. The molecule has 2 heterocycles. The van der Waals surface area contributed by atoms with E-state index in [-0.39, 0.29) is 0 Å². The second-order valence-corrected chi connectivity index (χ2v) is 4.41. The fourth-order valence-corrected chi connectivity index (χ4v) is 2.39. The van der Waals surface area contributed by atoms with Gasteiger partial charge in [-0.15, -0.1) is 10.2 Å². The van der Waals surface area contributed by atoms with E-state index in [2.05, 4.69) is 32.2 Å². The molecule has 1 aliphatic heterocycles. The van der Waals surface area contributed by atoms with Crippen molar-refractivity contribution in [2.75, 3.05) is 13.1 Å². The molecule has 1 saturated heterocycles. The van der Waals surface area contributed by atoms with Gasteiger partial charge in [0.2, 0.25) is 0 Å². The van der Waals surface area contributed by atoms with Gasteiger partial charge in [-0.05, 0) is 25.9 Å². The minimum Gasteiger partial charge on any atom is -0.317 e. The molecule has 1 aliphatic rings. The summed E-state index contributed by atoms with van der Waals surface area (Å²) in [4.78, 5) is 0. The Hall–Kier alpha value is -1.68. The first kappa shape index (κ1) is 10.5. The number of hydrogen-bond acceptors (Lipinski definition) is 3. The number of hydrogen-bond donors (Lipinski definition) is 1. The monoisotopic (exact) mass is 228 g/mol. The third-order valence-corrected chi connectivity index (χ3v) is 3.31. The number of aromatic nitrogens is 3. The molecule has 0 amide bonds. The maximum Gasteiger partial charge on any atom is 0.164 e. The van der Waals surface area contributed by atoms with E-state index in [0.29, 0.717) is 6.04 Å². The highest BCUT2D eigenvalue weighted by Crippen LogP contribution is 2.24. The number of benzene rings is 1. The molecule has 3 rings (SSSR count). The second-order valence-electron chi connectivity index (χ2n) is 4.41. The van der Waals surface area contributed by atoms with E-state index in [1.54, 1.807) is 0 Å². The van der Waals surface area contributed by atoms with Gasteiger partial charge in [0.05, 0.1) is 0 Å². The van der Waals surface area contributed by atoms with Crippen molar-refractivity contribution in [2.45, 2.75) is 18.9 Å². The predicted molar refractivity (Wildman–Crippen MR) is 66.6 cm³/mol. The highest BCUT2D eigenvalue weighted by molar-refractivity contribution is 5.54. The second kappa shape index (κ2) is 4.67. The Kier molecular flexibility index (Phi) is 2.88. The van der Waals surface area contributed by atoms with Gasteiger partial charge in [-0.1, -0.05) is 30.3 Å². The van der Waals surface area contributed by atoms with Crippen LogP contribution < -0.4 is 5.32 Å². The quantitative estimate of drug-likeness (QED) is 0.853. The van der Waals surface area contributed by atoms with Crippen molar-refractivity contribution >= 4 is 0 Å². The molecule has 0 unspecified atom stereocenters. The summed E-state index contributed by atoms with van der Waals surface area (Å²) in [6.07, 6.45) is 4.16. The van der Waals surface area contributed by atoms with Crippen molar-refractivity contribution in [1.82, 2.24) is 20.1 Å². The van der Waals surface area contributed by atoms with Crippen LogP contribution in [0.25, 0.3) is 11.4 Å². The van der Waals surface area contributed by atoms with E-state index in [4.69, 9.17) is 0 Å². The molecule has 0 radical (unpaired) electrons. The molecular weight excluding hydrogens is 212 g/mol. The molecule has 0 atom stereocenters. The van der Waals surface area contributed by atoms with Crippen molar-refractivity contribution < 1.29 is 0 Å². The third-order valence-electron chi connectivity index (χ3n) is 3.31. The lowest BCUT2D eigenvalue weighted by atomic mass is 10.1. The number of nitrogens with one attached hydrogen (secondary N) is 1. The molecule has 2 aromatic rings. The molecule has 4 heteroatoms. The Bertz CT molecular complexity index is 471. The summed E-state index contributed by atoms with van der Waals surface area (Å²) in [5.74, 6) is 0.984. The van der Waals surface area contributed by atoms with Crippen LogP contribution in [0, 0.1) is 0 Å². The van der Waals surface area contributed by atoms with Crippen LogP contribution in [-0.2, 0) is 0 Å². The molecule has 88 valence electrons. The maximum atomic E-state index is 4.25. The molecule has 0 spiro atoms. The number of nitrogens with zero attached hydrogens (tertiary/aromatic N) is 3. The van der Waals surface area contributed by atoms with Crippen molar-refractivity contribution in [1.29, 1.82) is 0 Å². The van der Waals surface area contributed by atoms with Crippen molar-refractivity contribution in [2.24, 2.45) is 0 Å². The van der Waals surface area contributed by atoms with Crippen LogP contribution in [0.1, 0.15) is 18.9 Å². The van der Waals surface area contributed by atoms with Crippen molar-refractivity contribution in [3.05, 3.63) is 36.7 Å². The van der Waals surface area contributed by atoms with Gasteiger partial charge in [0.15, 0.2) is 5.82 Å². The summed E-state index contributed by atoms with van der Waals surface area (Å²) >= 11 is 0. The average Bonchev–Trinajstić information content (AvgIpc) is 2.90. The molecule has 4 nitrogen and oxygen atoms in total. The van der Waals surface area contributed by atoms with E-state index >= 15 is 0 Å². The first-order chi connectivity index (χ1) is 8.45. The summed E-state index contributed by atoms with van der Waals surface area (Å²) in [6.45, 7) is 2.16. The van der Waals surface area contributed by atoms with Crippen LogP contribution in [0.5, 0.6) is 0 Å². The van der Waals surface area contributed by atoms with Gasteiger partial charge in [-0.2, -0.15) is 0 Å². The van der Waals surface area contributed by atoms with Gasteiger partial charge >= 0.3 is 0 Å². The van der Waals surface area contributed by atoms with E-state index in [1.807, 2.05) is 24.5 Å². The molecule has 1 aromatic heterocycles. The third kappa shape index (κ3) is 2.08. The zero-order valence-electron chi connectivity index (χ0n) is 9.71. The van der Waals surface area contributed by atoms with Crippen LogP contribution in [0.3, 0.4) is 0 Å². The Morgan fingerprint density at radius 1 is 1.12 bits per heavy atom. The van der Waals surface area contributed by atoms with Crippen molar-refractivity contribution in [3.8, 4) is 11.4 Å². The fourth-order valence-electron chi connectivity index (χ4n) is 2.39. The molecule has 0 saturated carbocycles. The van der Waals surface area contributed by atoms with Gasteiger partial charge < -0.3 is 9.88 Å². The summed E-state index contributed by atoms with van der Waals surface area (Å²) in [7, 11) is 0. The first-order valence-corrected chi connectivity index (χ1v) is 6.11. The molecule has 17 heavy (non-hydrogen) atoms. The Morgan fingerprint density at radius 2 is 1.88 bits per heavy atom. The largest absolute Gasteiger partial charge is 0.317 e. The van der Waals surface area contributed by atoms with Crippen LogP contribution in [0.15, 0.2) is 36.7 Å². The lowest BCUT2D eigenvalue weighted by Crippen LogP contribution is -2.29. The Morgan fingerprint density at radius 3 is 2.65 bits per heavy atom. The SMILES string of the molecule is c1ccc(-c2nncn2C2CCNCC2)cc1. The summed E-state index contributed by atoms with van der Waals surface area (Å²) in [6, 6.07) is 10.8. The molecule has 1 aromatic carbocycles. The predicted octanol–water partition coefficient (Wildman–Crippen LogP) is 1.87. The Labute approximate surface area is 101 Å². The number of rotatable bonds is 2. The molecule has 1 fully saturated rings. The summed E-state index contributed by atoms with van der Waals surface area (Å²) in [5, 5.41) is 11.7. The van der Waals surface area contributed by atoms with Crippen LogP contribution in [0.4, 0.5) is 0 Å². The Balaban J connectivity index is 1.93. The molecule has 1 N–H and O–H groups in total. The zero-order chi connectivity index (χ0) is 11.5. The minimum absolute atomic E-state index is 0.529. The maximum absolute atomic E-state index is 4.25. The van der Waals surface area contributed by atoms with Gasteiger partial charge in [-0.3, -0.25) is 0 Å². The van der Waals surface area contributed by atoms with E-state index in [1.165, 1.54) is 0 Å². The normalized spacial score (nSPS) is 17.2. The van der Waals surface area contributed by atoms with Gasteiger partial charge in [0.25, 0.3) is 0 Å². The van der Waals surface area contributed by atoms with Crippen LogP contribution in [0.2, 0.25) is 0 Å². The summed E-state index contributed by atoms with van der Waals surface area (Å²) < 4.78 is 2.22. The topological polar surface area (TPSA) is 42.7 Å². The minimum atomic E-state index is 0.529. The zero-order valence-corrected chi connectivity index (χ0v) is 9.71. The van der Waals surface area contributed by atoms with E-state index < -0.39 is 0 Å². The van der Waals surface area contributed by atoms with Gasteiger partial charge in [0.1, 0.15) is 6.33 Å².